The van der Waals surface area contributed by atoms with Gasteiger partial charge in [-0.15, -0.1) is 0 Å². The normalized spacial score (nSPS) is 13.1. The van der Waals surface area contributed by atoms with Gasteiger partial charge < -0.3 is 4.74 Å². The minimum Gasteiger partial charge on any atom is -0.470 e. The van der Waals surface area contributed by atoms with Crippen molar-refractivity contribution in [1.29, 1.82) is 0 Å². The molecule has 2 aromatic rings. The van der Waals surface area contributed by atoms with Crippen molar-refractivity contribution in [2.75, 3.05) is 0 Å². The molecular formula is C17H21NO. The number of benzene rings is 1. The van der Waals surface area contributed by atoms with Gasteiger partial charge in [-0.2, -0.15) is 0 Å². The van der Waals surface area contributed by atoms with E-state index in [1.165, 1.54) is 5.56 Å². The van der Waals surface area contributed by atoms with E-state index in [0.29, 0.717) is 5.88 Å². The smallest absolute Gasteiger partial charge is 0.213 e. The van der Waals surface area contributed by atoms with Crippen molar-refractivity contribution in [2.24, 2.45) is 0 Å². The van der Waals surface area contributed by atoms with Crippen molar-refractivity contribution in [1.82, 2.24) is 4.98 Å². The van der Waals surface area contributed by atoms with Crippen LogP contribution in [-0.2, 0) is 5.41 Å². The molecule has 0 saturated heterocycles. The summed E-state index contributed by atoms with van der Waals surface area (Å²) < 4.78 is 5.86. The van der Waals surface area contributed by atoms with Crippen LogP contribution >= 0.6 is 0 Å². The fraction of sp³-hybridized carbons (Fsp3) is 0.353. The van der Waals surface area contributed by atoms with E-state index in [2.05, 4.69) is 44.0 Å². The zero-order valence-corrected chi connectivity index (χ0v) is 12.1. The van der Waals surface area contributed by atoms with Crippen molar-refractivity contribution < 1.29 is 4.74 Å². The van der Waals surface area contributed by atoms with Gasteiger partial charge in [0.25, 0.3) is 0 Å². The predicted octanol–water partition coefficient (Wildman–Crippen LogP) is 4.52. The van der Waals surface area contributed by atoms with Crippen LogP contribution in [0.3, 0.4) is 0 Å². The van der Waals surface area contributed by atoms with Crippen LogP contribution in [-0.4, -0.2) is 4.98 Å². The Morgan fingerprint density at radius 1 is 1.00 bits per heavy atom. The molecule has 0 aliphatic rings. The lowest BCUT2D eigenvalue weighted by atomic mass is 9.88. The molecule has 1 atom stereocenters. The Labute approximate surface area is 115 Å². The molecule has 0 fully saturated rings. The molecule has 2 nitrogen and oxygen atoms in total. The Bertz CT molecular complexity index is 511. The van der Waals surface area contributed by atoms with Gasteiger partial charge in [-0.1, -0.05) is 57.2 Å². The number of aromatic nitrogens is 1. The molecule has 1 aromatic heterocycles. The lowest BCUT2D eigenvalue weighted by Gasteiger charge is -2.19. The largest absolute Gasteiger partial charge is 0.470 e. The number of pyridine rings is 1. The molecule has 100 valence electrons. The summed E-state index contributed by atoms with van der Waals surface area (Å²) in [4.78, 5) is 4.39. The molecule has 0 bridgehead atoms. The van der Waals surface area contributed by atoms with Gasteiger partial charge in [0.1, 0.15) is 6.10 Å². The highest BCUT2D eigenvalue weighted by Crippen LogP contribution is 2.24. The maximum Gasteiger partial charge on any atom is 0.213 e. The molecule has 0 aliphatic heterocycles. The van der Waals surface area contributed by atoms with Crippen LogP contribution < -0.4 is 4.74 Å². The molecule has 0 spiro atoms. The second kappa shape index (κ2) is 5.43. The maximum absolute atomic E-state index is 5.86. The van der Waals surface area contributed by atoms with E-state index >= 15 is 0 Å². The van der Waals surface area contributed by atoms with Gasteiger partial charge in [-0.25, -0.2) is 4.98 Å². The maximum atomic E-state index is 5.86. The fourth-order valence-corrected chi connectivity index (χ4v) is 1.87. The number of hydrogen-bond donors (Lipinski definition) is 0. The zero-order valence-electron chi connectivity index (χ0n) is 12.1. The van der Waals surface area contributed by atoms with Crippen LogP contribution in [0.2, 0.25) is 0 Å². The topological polar surface area (TPSA) is 22.1 Å². The molecule has 1 aromatic carbocycles. The summed E-state index contributed by atoms with van der Waals surface area (Å²) in [6.07, 6.45) is 1.90. The molecule has 2 heteroatoms. The Kier molecular flexibility index (Phi) is 3.89. The van der Waals surface area contributed by atoms with E-state index in [9.17, 15) is 0 Å². The van der Waals surface area contributed by atoms with Crippen molar-refractivity contribution in [3.05, 3.63) is 59.8 Å². The molecule has 0 amide bonds. The lowest BCUT2D eigenvalue weighted by molar-refractivity contribution is 0.217. The van der Waals surface area contributed by atoms with Gasteiger partial charge >= 0.3 is 0 Å². The Hall–Kier alpha value is -1.83. The van der Waals surface area contributed by atoms with Crippen LogP contribution in [0.1, 0.15) is 44.9 Å². The quantitative estimate of drug-likeness (QED) is 0.804. The van der Waals surface area contributed by atoms with Crippen LogP contribution in [0.15, 0.2) is 48.7 Å². The molecule has 0 N–H and O–H groups in total. The first-order chi connectivity index (χ1) is 8.97. The van der Waals surface area contributed by atoms with Crippen molar-refractivity contribution in [3.63, 3.8) is 0 Å². The first kappa shape index (κ1) is 13.6. The standard InChI is InChI=1S/C17H21NO/c1-13(14-8-6-5-7-9-14)19-16-11-10-15(12-18-16)17(2,3)4/h5-13H,1-4H3. The number of rotatable bonds is 3. The summed E-state index contributed by atoms with van der Waals surface area (Å²) in [5, 5.41) is 0. The summed E-state index contributed by atoms with van der Waals surface area (Å²) >= 11 is 0. The van der Waals surface area contributed by atoms with Gasteiger partial charge in [0, 0.05) is 12.3 Å². The molecule has 1 heterocycles. The van der Waals surface area contributed by atoms with Crippen molar-refractivity contribution >= 4 is 0 Å². The number of nitrogens with zero attached hydrogens (tertiary/aromatic N) is 1. The summed E-state index contributed by atoms with van der Waals surface area (Å²) in [6, 6.07) is 14.2. The average molecular weight is 255 g/mol. The van der Waals surface area contributed by atoms with Crippen LogP contribution in [0.25, 0.3) is 0 Å². The molecule has 0 aliphatic carbocycles. The van der Waals surface area contributed by atoms with E-state index in [1.54, 1.807) is 0 Å². The van der Waals surface area contributed by atoms with Crippen LogP contribution in [0.5, 0.6) is 5.88 Å². The van der Waals surface area contributed by atoms with Gasteiger partial charge in [0.15, 0.2) is 0 Å². The number of ether oxygens (including phenoxy) is 1. The van der Waals surface area contributed by atoms with E-state index in [0.717, 1.165) is 5.56 Å². The van der Waals surface area contributed by atoms with Crippen LogP contribution in [0.4, 0.5) is 0 Å². The van der Waals surface area contributed by atoms with E-state index in [1.807, 2.05) is 37.4 Å². The SMILES string of the molecule is CC(Oc1ccc(C(C)(C)C)cn1)c1ccccc1. The monoisotopic (exact) mass is 255 g/mol. The van der Waals surface area contributed by atoms with E-state index in [-0.39, 0.29) is 11.5 Å². The Morgan fingerprint density at radius 2 is 1.68 bits per heavy atom. The zero-order chi connectivity index (χ0) is 13.9. The van der Waals surface area contributed by atoms with E-state index < -0.39 is 0 Å². The minimum absolute atomic E-state index is 0.00851. The summed E-state index contributed by atoms with van der Waals surface area (Å²) in [5.74, 6) is 0.671. The molecule has 2 rings (SSSR count). The molecule has 0 radical (unpaired) electrons. The summed E-state index contributed by atoms with van der Waals surface area (Å²) in [6.45, 7) is 8.57. The third-order valence-corrected chi connectivity index (χ3v) is 3.17. The predicted molar refractivity (Wildman–Crippen MR) is 78.4 cm³/mol. The lowest BCUT2D eigenvalue weighted by Crippen LogP contribution is -2.11. The van der Waals surface area contributed by atoms with Gasteiger partial charge in [0.05, 0.1) is 0 Å². The minimum atomic E-state index is 0.00851. The summed E-state index contributed by atoms with van der Waals surface area (Å²) in [7, 11) is 0. The molecule has 1 unspecified atom stereocenters. The van der Waals surface area contributed by atoms with Crippen molar-refractivity contribution in [3.8, 4) is 5.88 Å². The van der Waals surface area contributed by atoms with Crippen molar-refractivity contribution in [2.45, 2.75) is 39.2 Å². The highest BCUT2D eigenvalue weighted by molar-refractivity contribution is 5.25. The number of hydrogen-bond acceptors (Lipinski definition) is 2. The van der Waals surface area contributed by atoms with E-state index in [4.69, 9.17) is 4.74 Å². The second-order valence-corrected chi connectivity index (χ2v) is 5.81. The fourth-order valence-electron chi connectivity index (χ4n) is 1.87. The second-order valence-electron chi connectivity index (χ2n) is 5.81. The molecule has 0 saturated carbocycles. The highest BCUT2D eigenvalue weighted by atomic mass is 16.5. The van der Waals surface area contributed by atoms with Gasteiger partial charge in [-0.05, 0) is 23.5 Å². The Balaban J connectivity index is 2.08. The molecular weight excluding hydrogens is 234 g/mol. The first-order valence-corrected chi connectivity index (χ1v) is 6.65. The third-order valence-electron chi connectivity index (χ3n) is 3.17. The highest BCUT2D eigenvalue weighted by Gasteiger charge is 2.14. The Morgan fingerprint density at radius 3 is 2.21 bits per heavy atom. The summed E-state index contributed by atoms with van der Waals surface area (Å²) in [5.41, 5.74) is 2.49. The van der Waals surface area contributed by atoms with Gasteiger partial charge in [0.2, 0.25) is 5.88 Å². The third kappa shape index (κ3) is 3.57. The average Bonchev–Trinajstić information content (AvgIpc) is 2.39. The van der Waals surface area contributed by atoms with Crippen LogP contribution in [0, 0.1) is 0 Å². The molecule has 19 heavy (non-hydrogen) atoms. The first-order valence-electron chi connectivity index (χ1n) is 6.65. The van der Waals surface area contributed by atoms with Gasteiger partial charge in [-0.3, -0.25) is 0 Å².